The van der Waals surface area contributed by atoms with Crippen molar-refractivity contribution in [1.29, 1.82) is 0 Å². The number of benzene rings is 1. The van der Waals surface area contributed by atoms with E-state index < -0.39 is 0 Å². The fourth-order valence-electron chi connectivity index (χ4n) is 4.87. The summed E-state index contributed by atoms with van der Waals surface area (Å²) in [5.74, 6) is 2.53. The molecule has 1 spiro atoms. The number of carbonyl (C=O) groups excluding carboxylic acids is 1. The molecule has 4 heterocycles. The topological polar surface area (TPSA) is 83.8 Å². The first kappa shape index (κ1) is 18.1. The predicted molar refractivity (Wildman–Crippen MR) is 128 cm³/mol. The number of aromatic amines is 1. The average molecular weight is 524 g/mol. The van der Waals surface area contributed by atoms with Gasteiger partial charge >= 0.3 is 0 Å². The molecule has 7 rings (SSSR count). The van der Waals surface area contributed by atoms with Crippen molar-refractivity contribution in [3.05, 3.63) is 52.2 Å². The van der Waals surface area contributed by atoms with Crippen molar-refractivity contribution < 1.29 is 9.32 Å². The number of H-pyrrole nitrogens is 1. The van der Waals surface area contributed by atoms with Gasteiger partial charge in [-0.2, -0.15) is 0 Å². The Bertz CT molecular complexity index is 1390. The van der Waals surface area contributed by atoms with E-state index in [-0.39, 0.29) is 32.2 Å². The number of amides is 1. The number of imidazole rings is 1. The number of rotatable bonds is 3. The van der Waals surface area contributed by atoms with E-state index in [0.717, 1.165) is 63.4 Å². The van der Waals surface area contributed by atoms with Crippen LogP contribution in [0.25, 0.3) is 25.7 Å². The zero-order valence-corrected chi connectivity index (χ0v) is 19.5. The number of aryl methyl sites for hydroxylation is 2. The van der Waals surface area contributed by atoms with E-state index >= 15 is 0 Å². The lowest BCUT2D eigenvalue weighted by Crippen LogP contribution is -2.30. The summed E-state index contributed by atoms with van der Waals surface area (Å²) in [5, 5.41) is 7.38. The van der Waals surface area contributed by atoms with Gasteiger partial charge < -0.3 is 14.8 Å². The van der Waals surface area contributed by atoms with Crippen LogP contribution in [-0.2, 0) is 4.79 Å². The molecule has 2 aromatic heterocycles. The molecule has 0 atom stereocenters. The van der Waals surface area contributed by atoms with Crippen LogP contribution in [0.15, 0.2) is 33.9 Å². The Balaban J connectivity index is 1.45. The molecule has 31 heavy (non-hydrogen) atoms. The number of aromatic nitrogens is 3. The predicted octanol–water partition coefficient (Wildman–Crippen LogP) is 4.80. The Morgan fingerprint density at radius 3 is 2.77 bits per heavy atom. The number of hydrogen-bond acceptors (Lipinski definition) is 4. The van der Waals surface area contributed by atoms with Crippen molar-refractivity contribution in [2.24, 2.45) is 0 Å². The fourth-order valence-corrected chi connectivity index (χ4v) is 7.69. The normalized spacial score (nSPS) is 21.4. The number of nitrogens with one attached hydrogen (secondary N) is 2. The van der Waals surface area contributed by atoms with Crippen LogP contribution in [0.5, 0.6) is 0 Å². The SMILES string of the molecule is Cc1noc(C)c1-c1cc(C2=CC3=C(C=I2)C2(CC2)NC3=O)c2nc(C3CC3)[nH]c2c1. The van der Waals surface area contributed by atoms with Gasteiger partial charge in [-0.25, -0.2) is 4.98 Å². The third-order valence-electron chi connectivity index (χ3n) is 6.85. The largest absolute Gasteiger partial charge is 0.361 e. The first-order valence-electron chi connectivity index (χ1n) is 10.8. The highest BCUT2D eigenvalue weighted by Gasteiger charge is 2.53. The van der Waals surface area contributed by atoms with Gasteiger partial charge in [0.05, 0.1) is 22.3 Å². The van der Waals surface area contributed by atoms with Gasteiger partial charge in [-0.3, -0.25) is 4.79 Å². The summed E-state index contributed by atoms with van der Waals surface area (Å²) in [6.07, 6.45) is 6.68. The summed E-state index contributed by atoms with van der Waals surface area (Å²) in [7, 11) is 0. The fraction of sp³-hybridized carbons (Fsp3) is 0.333. The molecule has 0 unspecified atom stereocenters. The number of carbonyl (C=O) groups is 1. The molecule has 1 aromatic carbocycles. The quantitative estimate of drug-likeness (QED) is 0.483. The maximum Gasteiger partial charge on any atom is 0.252 e. The lowest BCUT2D eigenvalue weighted by molar-refractivity contribution is -0.116. The molecule has 2 fully saturated rings. The Kier molecular flexibility index (Phi) is 3.51. The molecule has 156 valence electrons. The molecular formula is C24H21IN4O2. The minimum Gasteiger partial charge on any atom is -0.361 e. The third-order valence-corrected chi connectivity index (χ3v) is 9.35. The van der Waals surface area contributed by atoms with Gasteiger partial charge in [-0.05, 0) is 72.9 Å². The second kappa shape index (κ2) is 6.03. The number of nitrogens with zero attached hydrogens (tertiary/aromatic N) is 2. The van der Waals surface area contributed by atoms with Gasteiger partial charge in [0.15, 0.2) is 0 Å². The zero-order valence-electron chi connectivity index (χ0n) is 17.3. The molecular weight excluding hydrogens is 503 g/mol. The van der Waals surface area contributed by atoms with Crippen molar-refractivity contribution in [3.8, 4) is 11.1 Å². The van der Waals surface area contributed by atoms with Crippen LogP contribution in [-0.4, -0.2) is 30.6 Å². The molecule has 2 aliphatic carbocycles. The van der Waals surface area contributed by atoms with Gasteiger partial charge in [-0.1, -0.05) is 25.9 Å². The summed E-state index contributed by atoms with van der Waals surface area (Å²) in [6.45, 7) is 3.94. The van der Waals surface area contributed by atoms with Crippen LogP contribution in [0.1, 0.15) is 54.4 Å². The molecule has 2 saturated carbocycles. The Hall–Kier alpha value is -2.55. The molecule has 4 aliphatic rings. The zero-order chi connectivity index (χ0) is 20.9. The van der Waals surface area contributed by atoms with Gasteiger partial charge in [0.2, 0.25) is 0 Å². The summed E-state index contributed by atoms with van der Waals surface area (Å²) >= 11 is -0.362. The van der Waals surface area contributed by atoms with Gasteiger partial charge in [0, 0.05) is 26.2 Å². The van der Waals surface area contributed by atoms with Crippen LogP contribution in [0.2, 0.25) is 0 Å². The Labute approximate surface area is 188 Å². The van der Waals surface area contributed by atoms with Crippen LogP contribution < -0.4 is 5.32 Å². The monoisotopic (exact) mass is 524 g/mol. The van der Waals surface area contributed by atoms with Gasteiger partial charge in [0.25, 0.3) is 5.91 Å². The maximum atomic E-state index is 12.7. The van der Waals surface area contributed by atoms with E-state index in [2.05, 4.69) is 37.7 Å². The van der Waals surface area contributed by atoms with Crippen LogP contribution in [0, 0.1) is 13.8 Å². The van der Waals surface area contributed by atoms with Crippen LogP contribution in [0.4, 0.5) is 0 Å². The van der Waals surface area contributed by atoms with E-state index in [1.807, 2.05) is 13.8 Å². The smallest absolute Gasteiger partial charge is 0.252 e. The van der Waals surface area contributed by atoms with Gasteiger partial charge in [-0.15, -0.1) is 0 Å². The lowest BCUT2D eigenvalue weighted by Gasteiger charge is -2.13. The van der Waals surface area contributed by atoms with E-state index in [1.54, 1.807) is 0 Å². The summed E-state index contributed by atoms with van der Waals surface area (Å²) in [4.78, 5) is 21.3. The van der Waals surface area contributed by atoms with Gasteiger partial charge in [0.1, 0.15) is 11.6 Å². The van der Waals surface area contributed by atoms with Crippen LogP contribution >= 0.6 is 20.7 Å². The lowest BCUT2D eigenvalue weighted by atomic mass is 9.99. The Morgan fingerprint density at radius 2 is 2.06 bits per heavy atom. The van der Waals surface area contributed by atoms with Crippen molar-refractivity contribution in [2.45, 2.75) is 51.0 Å². The van der Waals surface area contributed by atoms with E-state index in [9.17, 15) is 4.79 Å². The van der Waals surface area contributed by atoms with Crippen molar-refractivity contribution >= 4 is 45.3 Å². The molecule has 6 nitrogen and oxygen atoms in total. The maximum absolute atomic E-state index is 12.7. The average Bonchev–Trinajstić information content (AvgIpc) is 3.66. The van der Waals surface area contributed by atoms with Crippen molar-refractivity contribution in [2.75, 3.05) is 0 Å². The number of halogens is 1. The third kappa shape index (κ3) is 2.62. The first-order valence-corrected chi connectivity index (χ1v) is 13.1. The van der Waals surface area contributed by atoms with Crippen molar-refractivity contribution in [1.82, 2.24) is 20.4 Å². The molecule has 3 aromatic rings. The summed E-state index contributed by atoms with van der Waals surface area (Å²) < 4.78 is 9.06. The minimum absolute atomic E-state index is 0.0481. The second-order valence-electron chi connectivity index (χ2n) is 9.09. The van der Waals surface area contributed by atoms with E-state index in [0.29, 0.717) is 5.92 Å². The second-order valence-corrected chi connectivity index (χ2v) is 11.5. The standard InChI is InChI=1S/C24H21IN4O2/c1-11-20(12(2)31-29-11)14-7-16(21-19(8-14)26-22(27-21)13-3-4-13)18-9-15-17(10-25-18)24(5-6-24)28-23(15)30/h7-10,13H,3-6H2,1-2H3,(H,26,27)(H,28,30). The highest BCUT2D eigenvalue weighted by molar-refractivity contribution is 14.2. The first-order chi connectivity index (χ1) is 15.0. The molecule has 0 saturated heterocycles. The molecule has 0 bridgehead atoms. The highest BCUT2D eigenvalue weighted by atomic mass is 127. The molecule has 7 heteroatoms. The molecule has 1 amide bonds. The highest BCUT2D eigenvalue weighted by Crippen LogP contribution is 2.51. The number of fused-ring (bicyclic) bond motifs is 2. The minimum atomic E-state index is -0.362. The van der Waals surface area contributed by atoms with Crippen LogP contribution in [0.3, 0.4) is 0 Å². The van der Waals surface area contributed by atoms with E-state index in [1.165, 1.54) is 22.0 Å². The number of hydrogen-bond donors (Lipinski definition) is 2. The summed E-state index contributed by atoms with van der Waals surface area (Å²) in [6, 6.07) is 4.39. The molecule has 2 N–H and O–H groups in total. The summed E-state index contributed by atoms with van der Waals surface area (Å²) in [5.41, 5.74) is 8.26. The van der Waals surface area contributed by atoms with Crippen molar-refractivity contribution in [3.63, 3.8) is 0 Å². The molecule has 0 radical (unpaired) electrons. The Morgan fingerprint density at radius 1 is 1.23 bits per heavy atom. The molecule has 2 aliphatic heterocycles. The van der Waals surface area contributed by atoms with E-state index in [4.69, 9.17) is 9.51 Å².